The minimum Gasteiger partial charge on any atom is -0.494 e. The first-order valence-electron chi connectivity index (χ1n) is 10.7. The Bertz CT molecular complexity index is 1090. The van der Waals surface area contributed by atoms with E-state index in [0.29, 0.717) is 31.3 Å². The SMILES string of the molecule is CCOc1cccc(CCc2nc(-c3ccc(F)cc3C(F)(F)F)nn2CC(C)(C)CO)c1. The summed E-state index contributed by atoms with van der Waals surface area (Å²) in [6, 6.07) is 10.0. The van der Waals surface area contributed by atoms with Crippen LogP contribution in [0.25, 0.3) is 11.4 Å². The van der Waals surface area contributed by atoms with Gasteiger partial charge < -0.3 is 9.84 Å². The van der Waals surface area contributed by atoms with E-state index in [1.54, 1.807) is 0 Å². The third-order valence-electron chi connectivity index (χ3n) is 5.13. The highest BCUT2D eigenvalue weighted by molar-refractivity contribution is 5.61. The van der Waals surface area contributed by atoms with E-state index in [-0.39, 0.29) is 24.5 Å². The van der Waals surface area contributed by atoms with Gasteiger partial charge in [-0.3, -0.25) is 0 Å². The Morgan fingerprint density at radius 3 is 2.48 bits per heavy atom. The van der Waals surface area contributed by atoms with Crippen molar-refractivity contribution in [3.8, 4) is 17.1 Å². The van der Waals surface area contributed by atoms with Gasteiger partial charge in [-0.25, -0.2) is 14.1 Å². The molecule has 0 amide bonds. The maximum Gasteiger partial charge on any atom is 0.417 e. The highest BCUT2D eigenvalue weighted by Gasteiger charge is 2.35. The van der Waals surface area contributed by atoms with Gasteiger partial charge in [0.05, 0.1) is 18.7 Å². The maximum absolute atomic E-state index is 13.6. The summed E-state index contributed by atoms with van der Waals surface area (Å²) in [6.45, 7) is 6.20. The number of aryl methyl sites for hydroxylation is 2. The number of rotatable bonds is 9. The number of alkyl halides is 3. The van der Waals surface area contributed by atoms with Crippen LogP contribution in [-0.2, 0) is 25.6 Å². The van der Waals surface area contributed by atoms with E-state index in [1.807, 2.05) is 45.0 Å². The Hall–Kier alpha value is -2.94. The van der Waals surface area contributed by atoms with Gasteiger partial charge >= 0.3 is 6.18 Å². The average Bonchev–Trinajstić information content (AvgIpc) is 3.14. The van der Waals surface area contributed by atoms with Crippen molar-refractivity contribution in [1.29, 1.82) is 0 Å². The second-order valence-electron chi connectivity index (χ2n) is 8.60. The molecule has 178 valence electrons. The second-order valence-corrected chi connectivity index (χ2v) is 8.60. The molecule has 1 N–H and O–H groups in total. The van der Waals surface area contributed by atoms with E-state index in [0.717, 1.165) is 23.4 Å². The molecule has 0 saturated carbocycles. The molecular formula is C24H27F4N3O2. The minimum absolute atomic E-state index is 0.130. The van der Waals surface area contributed by atoms with Crippen molar-refractivity contribution in [3.05, 3.63) is 65.2 Å². The topological polar surface area (TPSA) is 60.2 Å². The first-order valence-corrected chi connectivity index (χ1v) is 10.7. The third kappa shape index (κ3) is 6.31. The van der Waals surface area contributed by atoms with Crippen molar-refractivity contribution >= 4 is 0 Å². The predicted molar refractivity (Wildman–Crippen MR) is 116 cm³/mol. The molecule has 9 heteroatoms. The molecule has 3 aromatic rings. The zero-order valence-corrected chi connectivity index (χ0v) is 18.8. The smallest absolute Gasteiger partial charge is 0.417 e. The van der Waals surface area contributed by atoms with Crippen LogP contribution in [0.4, 0.5) is 17.6 Å². The summed E-state index contributed by atoms with van der Waals surface area (Å²) in [4.78, 5) is 4.39. The fourth-order valence-corrected chi connectivity index (χ4v) is 3.42. The number of hydrogen-bond acceptors (Lipinski definition) is 4. The Balaban J connectivity index is 1.98. The van der Waals surface area contributed by atoms with Crippen LogP contribution in [0.1, 0.15) is 37.7 Å². The van der Waals surface area contributed by atoms with E-state index in [4.69, 9.17) is 4.74 Å². The Kier molecular flexibility index (Phi) is 7.41. The van der Waals surface area contributed by atoms with E-state index in [2.05, 4.69) is 10.1 Å². The molecule has 0 saturated heterocycles. The second kappa shape index (κ2) is 9.91. The van der Waals surface area contributed by atoms with E-state index in [1.165, 1.54) is 4.68 Å². The molecule has 5 nitrogen and oxygen atoms in total. The molecule has 2 aromatic carbocycles. The molecule has 1 heterocycles. The fraction of sp³-hybridized carbons (Fsp3) is 0.417. The first kappa shape index (κ1) is 24.7. The predicted octanol–water partition coefficient (Wildman–Crippen LogP) is 5.31. The van der Waals surface area contributed by atoms with Crippen LogP contribution in [0.15, 0.2) is 42.5 Å². The van der Waals surface area contributed by atoms with Crippen LogP contribution in [0.5, 0.6) is 5.75 Å². The van der Waals surface area contributed by atoms with Crippen molar-refractivity contribution in [3.63, 3.8) is 0 Å². The van der Waals surface area contributed by atoms with Gasteiger partial charge in [0.25, 0.3) is 0 Å². The Morgan fingerprint density at radius 2 is 1.82 bits per heavy atom. The van der Waals surface area contributed by atoms with Gasteiger partial charge in [0.2, 0.25) is 0 Å². The normalized spacial score (nSPS) is 12.2. The van der Waals surface area contributed by atoms with E-state index >= 15 is 0 Å². The number of halogens is 4. The highest BCUT2D eigenvalue weighted by atomic mass is 19.4. The van der Waals surface area contributed by atoms with Crippen LogP contribution in [0, 0.1) is 11.2 Å². The number of benzene rings is 2. The maximum atomic E-state index is 13.6. The van der Waals surface area contributed by atoms with Gasteiger partial charge in [0.1, 0.15) is 17.4 Å². The van der Waals surface area contributed by atoms with Crippen molar-refractivity contribution in [1.82, 2.24) is 14.8 Å². The monoisotopic (exact) mass is 465 g/mol. The summed E-state index contributed by atoms with van der Waals surface area (Å²) in [5.74, 6) is 0.0981. The molecule has 1 aromatic heterocycles. The molecule has 0 atom stereocenters. The lowest BCUT2D eigenvalue weighted by molar-refractivity contribution is -0.137. The average molecular weight is 465 g/mol. The number of aromatic nitrogens is 3. The zero-order chi connectivity index (χ0) is 24.2. The Morgan fingerprint density at radius 1 is 1.06 bits per heavy atom. The lowest BCUT2D eigenvalue weighted by Crippen LogP contribution is -2.25. The summed E-state index contributed by atoms with van der Waals surface area (Å²) in [6.07, 6.45) is -3.78. The van der Waals surface area contributed by atoms with Crippen LogP contribution < -0.4 is 4.74 Å². The minimum atomic E-state index is -4.76. The summed E-state index contributed by atoms with van der Waals surface area (Å²) in [7, 11) is 0. The van der Waals surface area contributed by atoms with Crippen molar-refractivity contribution in [2.45, 2.75) is 46.3 Å². The van der Waals surface area contributed by atoms with Crippen LogP contribution in [-0.4, -0.2) is 33.1 Å². The largest absolute Gasteiger partial charge is 0.494 e. The Labute approximate surface area is 190 Å². The highest BCUT2D eigenvalue weighted by Crippen LogP contribution is 2.36. The molecular weight excluding hydrogens is 438 g/mol. The molecule has 0 bridgehead atoms. The molecule has 0 unspecified atom stereocenters. The lowest BCUT2D eigenvalue weighted by atomic mass is 9.95. The van der Waals surface area contributed by atoms with Gasteiger partial charge in [-0.05, 0) is 49.2 Å². The van der Waals surface area contributed by atoms with Crippen LogP contribution in [0.2, 0.25) is 0 Å². The number of aliphatic hydroxyl groups excluding tert-OH is 1. The quantitative estimate of drug-likeness (QED) is 0.436. The fourth-order valence-electron chi connectivity index (χ4n) is 3.42. The molecule has 0 radical (unpaired) electrons. The number of nitrogens with zero attached hydrogens (tertiary/aromatic N) is 3. The van der Waals surface area contributed by atoms with Gasteiger partial charge in [-0.2, -0.15) is 18.3 Å². The summed E-state index contributed by atoms with van der Waals surface area (Å²) < 4.78 is 61.2. The molecule has 3 rings (SSSR count). The number of aliphatic hydroxyl groups is 1. The number of hydrogen-bond donors (Lipinski definition) is 1. The first-order chi connectivity index (χ1) is 15.5. The van der Waals surface area contributed by atoms with Crippen molar-refractivity contribution in [2.75, 3.05) is 13.2 Å². The van der Waals surface area contributed by atoms with Gasteiger partial charge in [0, 0.05) is 24.0 Å². The molecule has 0 aliphatic heterocycles. The van der Waals surface area contributed by atoms with Gasteiger partial charge in [-0.15, -0.1) is 0 Å². The lowest BCUT2D eigenvalue weighted by Gasteiger charge is -2.22. The van der Waals surface area contributed by atoms with Gasteiger partial charge in [-0.1, -0.05) is 26.0 Å². The third-order valence-corrected chi connectivity index (χ3v) is 5.13. The van der Waals surface area contributed by atoms with Crippen molar-refractivity contribution < 1.29 is 27.4 Å². The van der Waals surface area contributed by atoms with E-state index in [9.17, 15) is 22.7 Å². The van der Waals surface area contributed by atoms with Crippen molar-refractivity contribution in [2.24, 2.45) is 5.41 Å². The molecule has 0 aliphatic rings. The van der Waals surface area contributed by atoms with Crippen LogP contribution in [0.3, 0.4) is 0 Å². The van der Waals surface area contributed by atoms with Crippen LogP contribution >= 0.6 is 0 Å². The van der Waals surface area contributed by atoms with Gasteiger partial charge in [0.15, 0.2) is 5.82 Å². The number of ether oxygens (including phenoxy) is 1. The van der Waals surface area contributed by atoms with E-state index < -0.39 is 23.0 Å². The molecule has 0 aliphatic carbocycles. The standard InChI is InChI=1S/C24H27F4N3O2/c1-4-33-18-7-5-6-16(12-18)8-11-21-29-22(30-31(21)14-23(2,3)15-32)19-10-9-17(25)13-20(19)24(26,27)28/h5-7,9-10,12-13,32H,4,8,11,14-15H2,1-3H3. The summed E-state index contributed by atoms with van der Waals surface area (Å²) >= 11 is 0. The molecule has 33 heavy (non-hydrogen) atoms. The molecule has 0 spiro atoms. The summed E-state index contributed by atoms with van der Waals surface area (Å²) in [5, 5.41) is 14.0. The molecule has 0 fully saturated rings. The summed E-state index contributed by atoms with van der Waals surface area (Å²) in [5.41, 5.74) is -0.998. The zero-order valence-electron chi connectivity index (χ0n) is 18.8.